The zero-order chi connectivity index (χ0) is 6.41. The van der Waals surface area contributed by atoms with Gasteiger partial charge in [-0.2, -0.15) is 12.6 Å². The van der Waals surface area contributed by atoms with Crippen LogP contribution >= 0.6 is 24.4 Å². The van der Waals surface area contributed by atoms with E-state index in [2.05, 4.69) is 22.5 Å². The lowest BCUT2D eigenvalue weighted by Crippen LogP contribution is -2.23. The van der Waals surface area contributed by atoms with Crippen molar-refractivity contribution in [2.75, 3.05) is 12.3 Å². The van der Waals surface area contributed by atoms with Crippen LogP contribution in [0.15, 0.2) is 4.99 Å². The van der Waals surface area contributed by atoms with Gasteiger partial charge in [0.2, 0.25) is 5.96 Å². The average molecular weight is 172 g/mol. The largest absolute Gasteiger partial charge is 0.412 e. The standard InChI is InChI=1S/C3H8ClN3S.H2O/c4-7-3(5)6-1-2-8;/h8H,1-2H2,(H3,5,6,7);1H2. The van der Waals surface area contributed by atoms with E-state index in [1.165, 1.54) is 0 Å². The minimum Gasteiger partial charge on any atom is -0.412 e. The zero-order valence-corrected chi connectivity index (χ0v) is 6.41. The van der Waals surface area contributed by atoms with E-state index < -0.39 is 0 Å². The van der Waals surface area contributed by atoms with Gasteiger partial charge >= 0.3 is 0 Å². The smallest absolute Gasteiger partial charge is 0.203 e. The monoisotopic (exact) mass is 171 g/mol. The van der Waals surface area contributed by atoms with Crippen LogP contribution in [0.25, 0.3) is 0 Å². The van der Waals surface area contributed by atoms with Gasteiger partial charge in [0.25, 0.3) is 0 Å². The van der Waals surface area contributed by atoms with Crippen molar-refractivity contribution in [3.05, 3.63) is 0 Å². The highest BCUT2D eigenvalue weighted by atomic mass is 35.5. The van der Waals surface area contributed by atoms with E-state index in [1.807, 2.05) is 0 Å². The Morgan fingerprint density at radius 1 is 1.78 bits per heavy atom. The summed E-state index contributed by atoms with van der Waals surface area (Å²) in [6.45, 7) is 0.592. The van der Waals surface area contributed by atoms with Gasteiger partial charge in [-0.25, -0.2) is 0 Å². The number of hydrogen-bond acceptors (Lipinski definition) is 2. The molecule has 0 aromatic carbocycles. The molecular weight excluding hydrogens is 162 g/mol. The highest BCUT2D eigenvalue weighted by Gasteiger charge is 1.81. The highest BCUT2D eigenvalue weighted by Crippen LogP contribution is 1.74. The minimum atomic E-state index is 0. The number of aliphatic imine (C=N–C) groups is 1. The van der Waals surface area contributed by atoms with Crippen LogP contribution in [0.3, 0.4) is 0 Å². The van der Waals surface area contributed by atoms with Gasteiger partial charge in [-0.1, -0.05) is 0 Å². The molecule has 56 valence electrons. The van der Waals surface area contributed by atoms with Gasteiger partial charge in [0.15, 0.2) is 0 Å². The molecule has 0 aromatic rings. The number of halogens is 1. The lowest BCUT2D eigenvalue weighted by atomic mass is 10.8. The topological polar surface area (TPSA) is 81.9 Å². The molecule has 0 unspecified atom stereocenters. The first-order valence-corrected chi connectivity index (χ1v) is 3.09. The van der Waals surface area contributed by atoms with Crippen LogP contribution < -0.4 is 10.6 Å². The molecule has 0 atom stereocenters. The van der Waals surface area contributed by atoms with Gasteiger partial charge in [0, 0.05) is 17.5 Å². The van der Waals surface area contributed by atoms with E-state index >= 15 is 0 Å². The van der Waals surface area contributed by atoms with Gasteiger partial charge in [-0.05, 0) is 0 Å². The fraction of sp³-hybridized carbons (Fsp3) is 0.667. The predicted octanol–water partition coefficient (Wildman–Crippen LogP) is -0.850. The van der Waals surface area contributed by atoms with Crippen LogP contribution in [-0.2, 0) is 0 Å². The maximum absolute atomic E-state index is 5.13. The molecule has 0 rings (SSSR count). The molecule has 0 bridgehead atoms. The number of guanidine groups is 1. The summed E-state index contributed by atoms with van der Waals surface area (Å²) in [7, 11) is 0. The lowest BCUT2D eigenvalue weighted by Gasteiger charge is -1.92. The number of rotatable bonds is 2. The maximum atomic E-state index is 5.13. The van der Waals surface area contributed by atoms with Crippen molar-refractivity contribution >= 4 is 30.4 Å². The summed E-state index contributed by atoms with van der Waals surface area (Å²) in [5, 5.41) is 0. The van der Waals surface area contributed by atoms with Crippen molar-refractivity contribution in [1.29, 1.82) is 0 Å². The van der Waals surface area contributed by atoms with Gasteiger partial charge in [0.1, 0.15) is 0 Å². The normalized spacial score (nSPS) is 10.2. The number of nitrogens with one attached hydrogen (secondary N) is 1. The first-order valence-electron chi connectivity index (χ1n) is 2.08. The third kappa shape index (κ3) is 7.87. The molecule has 0 fully saturated rings. The summed E-state index contributed by atoms with van der Waals surface area (Å²) in [6, 6.07) is 0. The second kappa shape index (κ2) is 7.87. The first kappa shape index (κ1) is 11.6. The van der Waals surface area contributed by atoms with Crippen LogP contribution in [0, 0.1) is 0 Å². The molecule has 0 aliphatic heterocycles. The summed E-state index contributed by atoms with van der Waals surface area (Å²) >= 11 is 8.96. The molecule has 0 spiro atoms. The van der Waals surface area contributed by atoms with E-state index in [-0.39, 0.29) is 11.4 Å². The van der Waals surface area contributed by atoms with Crippen molar-refractivity contribution in [3.63, 3.8) is 0 Å². The summed E-state index contributed by atoms with van der Waals surface area (Å²) in [6.07, 6.45) is 0. The van der Waals surface area contributed by atoms with Gasteiger partial charge in [-0.15, -0.1) is 0 Å². The average Bonchev–Trinajstić information content (AvgIpc) is 1.83. The van der Waals surface area contributed by atoms with Crippen LogP contribution in [0.4, 0.5) is 0 Å². The molecule has 5 N–H and O–H groups in total. The lowest BCUT2D eigenvalue weighted by molar-refractivity contribution is 0.824. The first-order chi connectivity index (χ1) is 3.81. The molecule has 0 saturated carbocycles. The van der Waals surface area contributed by atoms with Crippen LogP contribution in [-0.4, -0.2) is 23.7 Å². The van der Waals surface area contributed by atoms with Crippen LogP contribution in [0.1, 0.15) is 0 Å². The SMILES string of the molecule is NC(=NCCS)NCl.O. The Hall–Kier alpha value is -0.130. The third-order valence-corrected chi connectivity index (χ3v) is 0.873. The van der Waals surface area contributed by atoms with Crippen LogP contribution in [0.2, 0.25) is 0 Å². The number of nitrogens with two attached hydrogens (primary N) is 1. The molecule has 0 heterocycles. The number of nitrogens with zero attached hydrogens (tertiary/aromatic N) is 1. The number of thiol groups is 1. The Morgan fingerprint density at radius 3 is 2.67 bits per heavy atom. The molecule has 4 nitrogen and oxygen atoms in total. The Kier molecular flexibility index (Phi) is 10.2. The van der Waals surface area contributed by atoms with E-state index in [0.29, 0.717) is 12.3 Å². The minimum absolute atomic E-state index is 0. The van der Waals surface area contributed by atoms with E-state index in [9.17, 15) is 0 Å². The van der Waals surface area contributed by atoms with Gasteiger partial charge < -0.3 is 11.2 Å². The molecule has 0 aliphatic rings. The summed E-state index contributed by atoms with van der Waals surface area (Å²) in [5.41, 5.74) is 5.13. The summed E-state index contributed by atoms with van der Waals surface area (Å²) in [5.74, 6) is 0.917. The summed E-state index contributed by atoms with van der Waals surface area (Å²) in [4.78, 5) is 5.90. The van der Waals surface area contributed by atoms with Crippen molar-refractivity contribution in [3.8, 4) is 0 Å². The Morgan fingerprint density at radius 2 is 2.33 bits per heavy atom. The fourth-order valence-corrected chi connectivity index (χ4v) is 0.360. The molecule has 0 saturated heterocycles. The predicted molar refractivity (Wildman–Crippen MR) is 42.9 cm³/mol. The Balaban J connectivity index is 0. The van der Waals surface area contributed by atoms with E-state index in [4.69, 9.17) is 17.5 Å². The van der Waals surface area contributed by atoms with Crippen LogP contribution in [0.5, 0.6) is 0 Å². The third-order valence-electron chi connectivity index (χ3n) is 0.479. The summed E-state index contributed by atoms with van der Waals surface area (Å²) < 4.78 is 0. The molecule has 0 aliphatic carbocycles. The van der Waals surface area contributed by atoms with Crippen molar-refractivity contribution in [1.82, 2.24) is 4.84 Å². The maximum Gasteiger partial charge on any atom is 0.203 e. The second-order valence-corrected chi connectivity index (χ2v) is 1.72. The molecule has 0 aromatic heterocycles. The fourth-order valence-electron chi connectivity index (χ4n) is 0.200. The molecule has 0 amide bonds. The van der Waals surface area contributed by atoms with E-state index in [0.717, 1.165) is 0 Å². The van der Waals surface area contributed by atoms with E-state index in [1.54, 1.807) is 0 Å². The molecule has 9 heavy (non-hydrogen) atoms. The molecule has 6 heteroatoms. The highest BCUT2D eigenvalue weighted by molar-refractivity contribution is 7.80. The van der Waals surface area contributed by atoms with Crippen molar-refractivity contribution in [2.45, 2.75) is 0 Å². The van der Waals surface area contributed by atoms with Crippen molar-refractivity contribution in [2.24, 2.45) is 10.7 Å². The van der Waals surface area contributed by atoms with Gasteiger partial charge in [0.05, 0.1) is 6.54 Å². The molecule has 0 radical (unpaired) electrons. The molecular formula is C3H10ClN3OS. The van der Waals surface area contributed by atoms with Gasteiger partial charge in [-0.3, -0.25) is 9.83 Å². The number of hydrogen-bond donors (Lipinski definition) is 3. The van der Waals surface area contributed by atoms with Crippen molar-refractivity contribution < 1.29 is 5.48 Å². The Bertz CT molecular complexity index is 89.1. The Labute approximate surface area is 64.3 Å². The quantitative estimate of drug-likeness (QED) is 0.219. The second-order valence-electron chi connectivity index (χ2n) is 1.09. The zero-order valence-electron chi connectivity index (χ0n) is 4.76.